The highest BCUT2D eigenvalue weighted by Crippen LogP contribution is 2.34. The lowest BCUT2D eigenvalue weighted by Gasteiger charge is -2.23. The maximum absolute atomic E-state index is 12.2. The quantitative estimate of drug-likeness (QED) is 0.295. The van der Waals surface area contributed by atoms with Crippen LogP contribution < -0.4 is 20.5 Å². The summed E-state index contributed by atoms with van der Waals surface area (Å²) in [6.45, 7) is 6.09. The van der Waals surface area contributed by atoms with E-state index < -0.39 is 17.8 Å². The first-order chi connectivity index (χ1) is 18.0. The van der Waals surface area contributed by atoms with Gasteiger partial charge in [0.05, 0.1) is 29.5 Å². The average Bonchev–Trinajstić information content (AvgIpc) is 3.23. The predicted molar refractivity (Wildman–Crippen MR) is 147 cm³/mol. The van der Waals surface area contributed by atoms with Gasteiger partial charge < -0.3 is 29.8 Å². The molecule has 206 valence electrons. The van der Waals surface area contributed by atoms with Gasteiger partial charge in [-0.1, -0.05) is 23.2 Å². The lowest BCUT2D eigenvalue weighted by Crippen LogP contribution is -2.40. The van der Waals surface area contributed by atoms with Crippen LogP contribution >= 0.6 is 35.0 Å². The fraction of sp³-hybridized carbons (Fsp3) is 0.458. The number of nitrogens with one attached hydrogen (secondary N) is 1. The molecule has 0 radical (unpaired) electrons. The molecule has 38 heavy (non-hydrogen) atoms. The largest absolute Gasteiger partial charge is 0.493 e. The molecular weight excluding hydrogens is 555 g/mol. The summed E-state index contributed by atoms with van der Waals surface area (Å²) in [5.74, 6) is 1.24. The number of aromatic nitrogens is 4. The molecule has 3 N–H and O–H groups in total. The standard InChI is InChI=1S/C24H30Cl2N6O5S/c1-24(2,3)37-23(34)31-14(11-38-4)6-5-9-35-17-8-7-16(25)18(26)15(17)10-32-13-30-19-20(32)28-12-29-21(19)36-22(27)33/h7-8,12-14H,5-6,9-11H2,1-4H3,(H2,27,33)(H,31,34). The lowest BCUT2D eigenvalue weighted by molar-refractivity contribution is 0.0506. The number of benzene rings is 1. The number of imidazole rings is 1. The molecule has 0 saturated heterocycles. The molecule has 2 heterocycles. The highest BCUT2D eigenvalue weighted by molar-refractivity contribution is 7.98. The minimum absolute atomic E-state index is 0.0466. The second-order valence-electron chi connectivity index (χ2n) is 9.27. The Morgan fingerprint density at radius 2 is 1.97 bits per heavy atom. The van der Waals surface area contributed by atoms with Crippen LogP contribution in [0, 0.1) is 0 Å². The van der Waals surface area contributed by atoms with Crippen LogP contribution in [0.5, 0.6) is 11.6 Å². The van der Waals surface area contributed by atoms with Gasteiger partial charge in [0.15, 0.2) is 11.2 Å². The van der Waals surface area contributed by atoms with Crippen LogP contribution in [-0.2, 0) is 11.3 Å². The first-order valence-electron chi connectivity index (χ1n) is 11.7. The molecule has 0 saturated carbocycles. The van der Waals surface area contributed by atoms with Gasteiger partial charge in [-0.15, -0.1) is 0 Å². The normalized spacial score (nSPS) is 12.3. The van der Waals surface area contributed by atoms with Crippen LogP contribution in [-0.4, -0.2) is 62.0 Å². The van der Waals surface area contributed by atoms with E-state index in [1.54, 1.807) is 28.5 Å². The average molecular weight is 586 g/mol. The number of halogens is 2. The number of nitrogens with zero attached hydrogens (tertiary/aromatic N) is 4. The van der Waals surface area contributed by atoms with E-state index in [2.05, 4.69) is 20.3 Å². The zero-order valence-electron chi connectivity index (χ0n) is 21.5. The van der Waals surface area contributed by atoms with Crippen molar-refractivity contribution in [2.24, 2.45) is 5.73 Å². The fourth-order valence-electron chi connectivity index (χ4n) is 3.56. The van der Waals surface area contributed by atoms with Gasteiger partial charge in [-0.3, -0.25) is 0 Å². The van der Waals surface area contributed by atoms with E-state index in [0.29, 0.717) is 46.5 Å². The highest BCUT2D eigenvalue weighted by Gasteiger charge is 2.20. The summed E-state index contributed by atoms with van der Waals surface area (Å²) in [5, 5.41) is 3.63. The van der Waals surface area contributed by atoms with Crippen LogP contribution in [0.4, 0.5) is 9.59 Å². The van der Waals surface area contributed by atoms with Crippen LogP contribution in [0.15, 0.2) is 24.8 Å². The van der Waals surface area contributed by atoms with Crippen LogP contribution in [0.1, 0.15) is 39.2 Å². The number of hydrogen-bond donors (Lipinski definition) is 2. The third kappa shape index (κ3) is 8.27. The van der Waals surface area contributed by atoms with Crippen molar-refractivity contribution in [3.8, 4) is 11.6 Å². The smallest absolute Gasteiger partial charge is 0.411 e. The van der Waals surface area contributed by atoms with E-state index in [9.17, 15) is 9.59 Å². The minimum Gasteiger partial charge on any atom is -0.493 e. The van der Waals surface area contributed by atoms with Gasteiger partial charge in [-0.05, 0) is 52.0 Å². The molecule has 2 amide bonds. The van der Waals surface area contributed by atoms with Gasteiger partial charge in [0.2, 0.25) is 0 Å². The summed E-state index contributed by atoms with van der Waals surface area (Å²) in [6.07, 6.45) is 4.67. The van der Waals surface area contributed by atoms with Gasteiger partial charge in [0.1, 0.15) is 17.7 Å². The Bertz CT molecular complexity index is 1280. The molecule has 0 aliphatic carbocycles. The molecule has 3 rings (SSSR count). The van der Waals surface area contributed by atoms with E-state index in [4.69, 9.17) is 43.1 Å². The van der Waals surface area contributed by atoms with E-state index in [0.717, 1.165) is 5.75 Å². The zero-order valence-corrected chi connectivity index (χ0v) is 23.8. The Balaban J connectivity index is 1.69. The van der Waals surface area contributed by atoms with Gasteiger partial charge in [-0.25, -0.2) is 19.6 Å². The Kier molecular flexibility index (Phi) is 10.3. The molecule has 0 fully saturated rings. The molecule has 1 unspecified atom stereocenters. The molecule has 11 nitrogen and oxygen atoms in total. The number of nitrogens with two attached hydrogens (primary N) is 1. The Morgan fingerprint density at radius 1 is 1.21 bits per heavy atom. The van der Waals surface area contributed by atoms with Crippen molar-refractivity contribution in [1.29, 1.82) is 0 Å². The number of fused-ring (bicyclic) bond motifs is 1. The molecule has 0 spiro atoms. The molecule has 0 aliphatic rings. The van der Waals surface area contributed by atoms with Gasteiger partial charge in [-0.2, -0.15) is 16.7 Å². The van der Waals surface area contributed by atoms with Gasteiger partial charge >= 0.3 is 12.2 Å². The second kappa shape index (κ2) is 13.2. The van der Waals surface area contributed by atoms with Crippen molar-refractivity contribution >= 4 is 58.3 Å². The first-order valence-corrected chi connectivity index (χ1v) is 13.8. The number of carbonyl (C=O) groups is 2. The van der Waals surface area contributed by atoms with E-state index in [1.165, 1.54) is 12.7 Å². The zero-order chi connectivity index (χ0) is 27.9. The van der Waals surface area contributed by atoms with Gasteiger partial charge in [0, 0.05) is 17.4 Å². The van der Waals surface area contributed by atoms with Crippen LogP contribution in [0.2, 0.25) is 10.0 Å². The molecule has 2 aromatic heterocycles. The Labute approximate surface area is 234 Å². The summed E-state index contributed by atoms with van der Waals surface area (Å²) in [4.78, 5) is 35.8. The van der Waals surface area contributed by atoms with Crippen molar-refractivity contribution < 1.29 is 23.8 Å². The van der Waals surface area contributed by atoms with E-state index in [-0.39, 0.29) is 24.0 Å². The SMILES string of the molecule is CSCC(CCCOc1ccc(Cl)c(Cl)c1Cn1cnc2c(OC(N)=O)ncnc21)NC(=O)OC(C)(C)C. The lowest BCUT2D eigenvalue weighted by atomic mass is 10.1. The molecule has 0 aliphatic heterocycles. The van der Waals surface area contributed by atoms with Crippen molar-refractivity contribution in [2.75, 3.05) is 18.6 Å². The number of alkyl carbamates (subject to hydrolysis) is 1. The summed E-state index contributed by atoms with van der Waals surface area (Å²) in [5.41, 5.74) is 5.85. The van der Waals surface area contributed by atoms with Crippen molar-refractivity contribution in [3.63, 3.8) is 0 Å². The molecule has 1 aromatic carbocycles. The summed E-state index contributed by atoms with van der Waals surface area (Å²) >= 11 is 14.5. The fourth-order valence-corrected chi connectivity index (χ4v) is 4.60. The number of thioether (sulfide) groups is 1. The molecular formula is C24H30Cl2N6O5S. The van der Waals surface area contributed by atoms with Crippen molar-refractivity contribution in [3.05, 3.63) is 40.4 Å². The maximum atomic E-state index is 12.2. The third-order valence-corrected chi connectivity index (χ3v) is 6.67. The Morgan fingerprint density at radius 3 is 2.66 bits per heavy atom. The second-order valence-corrected chi connectivity index (χ2v) is 11.0. The number of hydrogen-bond acceptors (Lipinski definition) is 9. The molecule has 3 aromatic rings. The maximum Gasteiger partial charge on any atom is 0.411 e. The van der Waals surface area contributed by atoms with Crippen molar-refractivity contribution in [2.45, 2.75) is 51.8 Å². The number of carbonyl (C=O) groups excluding carboxylic acids is 2. The number of amides is 2. The summed E-state index contributed by atoms with van der Waals surface area (Å²) in [7, 11) is 0. The predicted octanol–water partition coefficient (Wildman–Crippen LogP) is 5.05. The number of ether oxygens (including phenoxy) is 3. The number of primary amides is 1. The summed E-state index contributed by atoms with van der Waals surface area (Å²) < 4.78 is 18.1. The monoisotopic (exact) mass is 584 g/mol. The highest BCUT2D eigenvalue weighted by atomic mass is 35.5. The van der Waals surface area contributed by atoms with Gasteiger partial charge in [0.25, 0.3) is 5.88 Å². The van der Waals surface area contributed by atoms with E-state index in [1.807, 2.05) is 27.0 Å². The van der Waals surface area contributed by atoms with Crippen LogP contribution in [0.25, 0.3) is 11.2 Å². The summed E-state index contributed by atoms with van der Waals surface area (Å²) in [6, 6.07) is 3.35. The van der Waals surface area contributed by atoms with Crippen LogP contribution in [0.3, 0.4) is 0 Å². The van der Waals surface area contributed by atoms with E-state index >= 15 is 0 Å². The number of rotatable bonds is 11. The van der Waals surface area contributed by atoms with Crippen molar-refractivity contribution in [1.82, 2.24) is 24.8 Å². The Hall–Kier alpha value is -2.96. The minimum atomic E-state index is -1.01. The molecule has 0 bridgehead atoms. The molecule has 14 heteroatoms. The third-order valence-electron chi connectivity index (χ3n) is 5.09. The first kappa shape index (κ1) is 29.6. The topological polar surface area (TPSA) is 143 Å². The molecule has 1 atom stereocenters.